The van der Waals surface area contributed by atoms with Gasteiger partial charge in [-0.05, 0) is 18.2 Å². The van der Waals surface area contributed by atoms with Gasteiger partial charge in [0.05, 0.1) is 5.69 Å². The number of alkyl halides is 1. The van der Waals surface area contributed by atoms with E-state index >= 15 is 0 Å². The van der Waals surface area contributed by atoms with E-state index in [1.807, 2.05) is 0 Å². The molecule has 2 rings (SSSR count). The van der Waals surface area contributed by atoms with E-state index in [4.69, 9.17) is 16.0 Å². The average Bonchev–Trinajstić information content (AvgIpc) is 2.71. The Morgan fingerprint density at radius 3 is 2.94 bits per heavy atom. The Bertz CT molecular complexity index is 505. The Hall–Kier alpha value is -1.14. The molecule has 1 aromatic heterocycles. The third-order valence-corrected chi connectivity index (χ3v) is 2.47. The standard InChI is InChI=1S/C9H6BrClFN3O/c10-5-1-2-6(12)7(3-5)13-9-15-14-8(4-11)16-9/h1-3H,4H2,(H,13,15). The molecule has 0 saturated carbocycles. The molecule has 1 aromatic carbocycles. The lowest BCUT2D eigenvalue weighted by atomic mass is 10.3. The first-order chi connectivity index (χ1) is 7.69. The molecule has 16 heavy (non-hydrogen) atoms. The van der Waals surface area contributed by atoms with Gasteiger partial charge in [0.1, 0.15) is 11.7 Å². The van der Waals surface area contributed by atoms with Gasteiger partial charge in [-0.3, -0.25) is 0 Å². The second-order valence-corrected chi connectivity index (χ2v) is 4.07. The van der Waals surface area contributed by atoms with Crippen LogP contribution in [0, 0.1) is 5.82 Å². The van der Waals surface area contributed by atoms with Crippen molar-refractivity contribution in [2.75, 3.05) is 5.32 Å². The summed E-state index contributed by atoms with van der Waals surface area (Å²) < 4.78 is 19.2. The fourth-order valence-electron chi connectivity index (χ4n) is 1.07. The lowest BCUT2D eigenvalue weighted by Gasteiger charge is -2.02. The van der Waals surface area contributed by atoms with E-state index < -0.39 is 5.82 Å². The van der Waals surface area contributed by atoms with Gasteiger partial charge in [0.15, 0.2) is 0 Å². The molecule has 0 amide bonds. The molecule has 4 nitrogen and oxygen atoms in total. The van der Waals surface area contributed by atoms with Crippen molar-refractivity contribution < 1.29 is 8.81 Å². The van der Waals surface area contributed by atoms with E-state index in [0.717, 1.165) is 4.47 Å². The van der Waals surface area contributed by atoms with Crippen LogP contribution in [0.4, 0.5) is 16.1 Å². The predicted octanol–water partition coefficient (Wildman–Crippen LogP) is 3.45. The fraction of sp³-hybridized carbons (Fsp3) is 0.111. The van der Waals surface area contributed by atoms with Crippen LogP contribution in [0.15, 0.2) is 27.1 Å². The molecule has 0 fully saturated rings. The van der Waals surface area contributed by atoms with Gasteiger partial charge in [-0.15, -0.1) is 16.7 Å². The van der Waals surface area contributed by atoms with Crippen LogP contribution in [0.1, 0.15) is 5.89 Å². The largest absolute Gasteiger partial charge is 0.407 e. The van der Waals surface area contributed by atoms with Crippen molar-refractivity contribution in [3.05, 3.63) is 34.4 Å². The van der Waals surface area contributed by atoms with Crippen LogP contribution in [0.25, 0.3) is 0 Å². The summed E-state index contributed by atoms with van der Waals surface area (Å²) in [6.07, 6.45) is 0. The van der Waals surface area contributed by atoms with Gasteiger partial charge in [-0.2, -0.15) is 0 Å². The number of anilines is 2. The fourth-order valence-corrected chi connectivity index (χ4v) is 1.54. The van der Waals surface area contributed by atoms with Crippen molar-refractivity contribution in [3.63, 3.8) is 0 Å². The lowest BCUT2D eigenvalue weighted by molar-refractivity contribution is 0.529. The van der Waals surface area contributed by atoms with Gasteiger partial charge in [0, 0.05) is 4.47 Å². The van der Waals surface area contributed by atoms with Gasteiger partial charge in [0.25, 0.3) is 0 Å². The highest BCUT2D eigenvalue weighted by Gasteiger charge is 2.08. The third kappa shape index (κ3) is 2.51. The first-order valence-corrected chi connectivity index (χ1v) is 5.62. The molecule has 0 aliphatic rings. The summed E-state index contributed by atoms with van der Waals surface area (Å²) in [5.74, 6) is -0.0104. The summed E-state index contributed by atoms with van der Waals surface area (Å²) in [6, 6.07) is 4.59. The van der Waals surface area contributed by atoms with E-state index in [1.54, 1.807) is 12.1 Å². The number of aromatic nitrogens is 2. The minimum Gasteiger partial charge on any atom is -0.407 e. The van der Waals surface area contributed by atoms with Crippen molar-refractivity contribution in [2.24, 2.45) is 0 Å². The van der Waals surface area contributed by atoms with E-state index in [0.29, 0.717) is 0 Å². The molecule has 1 N–H and O–H groups in total. The zero-order valence-corrected chi connectivity index (χ0v) is 10.2. The molecule has 2 aromatic rings. The Kier molecular flexibility index (Phi) is 3.40. The van der Waals surface area contributed by atoms with Crippen molar-refractivity contribution in [1.82, 2.24) is 10.2 Å². The average molecular weight is 307 g/mol. The van der Waals surface area contributed by atoms with Crippen LogP contribution in [-0.2, 0) is 5.88 Å². The molecule has 7 heteroatoms. The van der Waals surface area contributed by atoms with Crippen LogP contribution in [-0.4, -0.2) is 10.2 Å². The summed E-state index contributed by atoms with van der Waals surface area (Å²) in [5, 5.41) is 9.96. The van der Waals surface area contributed by atoms with Crippen LogP contribution in [0.2, 0.25) is 0 Å². The van der Waals surface area contributed by atoms with E-state index in [1.165, 1.54) is 6.07 Å². The number of rotatable bonds is 3. The van der Waals surface area contributed by atoms with Gasteiger partial charge in [0.2, 0.25) is 5.89 Å². The van der Waals surface area contributed by atoms with Crippen molar-refractivity contribution in [2.45, 2.75) is 5.88 Å². The number of nitrogens with one attached hydrogen (secondary N) is 1. The van der Waals surface area contributed by atoms with Crippen molar-refractivity contribution in [1.29, 1.82) is 0 Å². The molecule has 0 bridgehead atoms. The van der Waals surface area contributed by atoms with Gasteiger partial charge in [-0.25, -0.2) is 4.39 Å². The van der Waals surface area contributed by atoms with E-state index in [2.05, 4.69) is 31.4 Å². The Labute approximate surface area is 104 Å². The second-order valence-electron chi connectivity index (χ2n) is 2.88. The van der Waals surface area contributed by atoms with Gasteiger partial charge >= 0.3 is 6.01 Å². The summed E-state index contributed by atoms with van der Waals surface area (Å²) in [4.78, 5) is 0. The van der Waals surface area contributed by atoms with Gasteiger partial charge < -0.3 is 9.73 Å². The highest BCUT2D eigenvalue weighted by Crippen LogP contribution is 2.23. The molecular formula is C9H6BrClFN3O. The predicted molar refractivity (Wildman–Crippen MR) is 61.2 cm³/mol. The van der Waals surface area contributed by atoms with E-state index in [9.17, 15) is 4.39 Å². The molecular weight excluding hydrogens is 300 g/mol. The quantitative estimate of drug-likeness (QED) is 0.882. The first-order valence-electron chi connectivity index (χ1n) is 4.29. The van der Waals surface area contributed by atoms with E-state index in [-0.39, 0.29) is 23.5 Å². The topological polar surface area (TPSA) is 51.0 Å². The third-order valence-electron chi connectivity index (χ3n) is 1.75. The highest BCUT2D eigenvalue weighted by molar-refractivity contribution is 9.10. The summed E-state index contributed by atoms with van der Waals surface area (Å²) in [5.41, 5.74) is 0.249. The minimum absolute atomic E-state index is 0.104. The van der Waals surface area contributed by atoms with Crippen molar-refractivity contribution in [3.8, 4) is 0 Å². The molecule has 1 heterocycles. The maximum absolute atomic E-state index is 13.3. The number of benzene rings is 1. The molecule has 0 spiro atoms. The van der Waals surface area contributed by atoms with Crippen LogP contribution in [0.3, 0.4) is 0 Å². The Morgan fingerprint density at radius 1 is 1.44 bits per heavy atom. The maximum atomic E-state index is 13.3. The molecule has 0 unspecified atom stereocenters. The van der Waals surface area contributed by atoms with Crippen LogP contribution in [0.5, 0.6) is 0 Å². The Balaban J connectivity index is 2.22. The number of hydrogen-bond donors (Lipinski definition) is 1. The highest BCUT2D eigenvalue weighted by atomic mass is 79.9. The van der Waals surface area contributed by atoms with Crippen LogP contribution >= 0.6 is 27.5 Å². The number of hydrogen-bond acceptors (Lipinski definition) is 4. The molecule has 84 valence electrons. The molecule has 0 radical (unpaired) electrons. The zero-order valence-electron chi connectivity index (χ0n) is 7.88. The molecule has 0 aliphatic carbocycles. The second kappa shape index (κ2) is 4.80. The maximum Gasteiger partial charge on any atom is 0.320 e. The normalized spacial score (nSPS) is 10.4. The molecule has 0 aliphatic heterocycles. The van der Waals surface area contributed by atoms with Crippen LogP contribution < -0.4 is 5.32 Å². The summed E-state index contributed by atoms with van der Waals surface area (Å²) >= 11 is 8.73. The lowest BCUT2D eigenvalue weighted by Crippen LogP contribution is -1.93. The number of nitrogens with zero attached hydrogens (tertiary/aromatic N) is 2. The zero-order chi connectivity index (χ0) is 11.5. The smallest absolute Gasteiger partial charge is 0.320 e. The molecule has 0 atom stereocenters. The Morgan fingerprint density at radius 2 is 2.25 bits per heavy atom. The first kappa shape index (κ1) is 11.3. The molecule has 0 saturated heterocycles. The monoisotopic (exact) mass is 305 g/mol. The van der Waals surface area contributed by atoms with Crippen molar-refractivity contribution >= 4 is 39.2 Å². The summed E-state index contributed by atoms with van der Waals surface area (Å²) in [7, 11) is 0. The minimum atomic E-state index is -0.408. The SMILES string of the molecule is Fc1ccc(Br)cc1Nc1nnc(CCl)o1. The summed E-state index contributed by atoms with van der Waals surface area (Å²) in [6.45, 7) is 0. The number of halogens is 3. The van der Waals surface area contributed by atoms with Gasteiger partial charge in [-0.1, -0.05) is 21.0 Å².